The smallest absolute Gasteiger partial charge is 0.272 e. The van der Waals surface area contributed by atoms with Crippen LogP contribution in [0.15, 0.2) is 102 Å². The van der Waals surface area contributed by atoms with E-state index in [0.29, 0.717) is 35.9 Å². The SMILES string of the molecule is C=C/C(=C\C)C1=CN(/C(C)=C(\C)C(=O)N2CCC(c3ccccc3)C2)C(=C)C(C(C)(F)F)=C1. The van der Waals surface area contributed by atoms with Crippen molar-refractivity contribution in [1.29, 1.82) is 0 Å². The van der Waals surface area contributed by atoms with Gasteiger partial charge in [0.05, 0.1) is 0 Å². The monoisotopic (exact) mass is 450 g/mol. The number of benzene rings is 1. The van der Waals surface area contributed by atoms with Gasteiger partial charge < -0.3 is 9.80 Å². The summed E-state index contributed by atoms with van der Waals surface area (Å²) in [5, 5.41) is 0. The molecule has 0 saturated carbocycles. The average Bonchev–Trinajstić information content (AvgIpc) is 3.29. The fraction of sp³-hybridized carbons (Fsp3) is 0.321. The number of likely N-dealkylation sites (tertiary alicyclic amines) is 1. The lowest BCUT2D eigenvalue weighted by atomic mass is 9.94. The number of allylic oxidation sites excluding steroid dienone is 7. The molecule has 1 aromatic carbocycles. The third kappa shape index (κ3) is 5.08. The molecule has 1 saturated heterocycles. The molecule has 0 aromatic heterocycles. The van der Waals surface area contributed by atoms with Crippen LogP contribution in [-0.4, -0.2) is 34.7 Å². The fourth-order valence-electron chi connectivity index (χ4n) is 4.38. The van der Waals surface area contributed by atoms with Crippen molar-refractivity contribution in [1.82, 2.24) is 9.80 Å². The summed E-state index contributed by atoms with van der Waals surface area (Å²) >= 11 is 0. The van der Waals surface area contributed by atoms with E-state index in [-0.39, 0.29) is 17.2 Å². The molecule has 1 amide bonds. The van der Waals surface area contributed by atoms with E-state index < -0.39 is 5.92 Å². The summed E-state index contributed by atoms with van der Waals surface area (Å²) in [7, 11) is 0. The molecule has 1 unspecified atom stereocenters. The second-order valence-corrected chi connectivity index (χ2v) is 8.65. The molecule has 3 rings (SSSR count). The molecule has 1 atom stereocenters. The van der Waals surface area contributed by atoms with Crippen molar-refractivity contribution in [2.75, 3.05) is 13.1 Å². The molecule has 1 fully saturated rings. The zero-order valence-electron chi connectivity index (χ0n) is 19.9. The Hall–Kier alpha value is -3.21. The molecule has 3 nitrogen and oxygen atoms in total. The Balaban J connectivity index is 1.91. The van der Waals surface area contributed by atoms with Gasteiger partial charge in [-0.25, -0.2) is 8.78 Å². The van der Waals surface area contributed by atoms with Crippen LogP contribution in [0.5, 0.6) is 0 Å². The number of halogens is 2. The van der Waals surface area contributed by atoms with Crippen molar-refractivity contribution in [3.05, 3.63) is 107 Å². The highest BCUT2D eigenvalue weighted by atomic mass is 19.3. The maximum absolute atomic E-state index is 14.4. The van der Waals surface area contributed by atoms with Crippen LogP contribution in [0.3, 0.4) is 0 Å². The molecule has 0 spiro atoms. The molecule has 0 aliphatic carbocycles. The van der Waals surface area contributed by atoms with Crippen molar-refractivity contribution in [2.45, 2.75) is 46.0 Å². The molecule has 2 heterocycles. The van der Waals surface area contributed by atoms with Crippen LogP contribution < -0.4 is 0 Å². The number of carbonyl (C=O) groups excluding carboxylic acids is 1. The summed E-state index contributed by atoms with van der Waals surface area (Å²) in [6.07, 6.45) is 7.55. The lowest BCUT2D eigenvalue weighted by molar-refractivity contribution is -0.126. The maximum atomic E-state index is 14.4. The first-order chi connectivity index (χ1) is 15.6. The van der Waals surface area contributed by atoms with E-state index in [2.05, 4.69) is 25.3 Å². The van der Waals surface area contributed by atoms with E-state index >= 15 is 0 Å². The van der Waals surface area contributed by atoms with E-state index in [1.807, 2.05) is 36.1 Å². The minimum absolute atomic E-state index is 0.0805. The van der Waals surface area contributed by atoms with Crippen LogP contribution in [0, 0.1) is 0 Å². The summed E-state index contributed by atoms with van der Waals surface area (Å²) in [4.78, 5) is 16.8. The largest absolute Gasteiger partial charge is 0.338 e. The molecular weight excluding hydrogens is 418 g/mol. The predicted molar refractivity (Wildman–Crippen MR) is 130 cm³/mol. The van der Waals surface area contributed by atoms with Crippen LogP contribution in [0.1, 0.15) is 45.6 Å². The van der Waals surface area contributed by atoms with Crippen molar-refractivity contribution in [3.8, 4) is 0 Å². The van der Waals surface area contributed by atoms with E-state index in [1.165, 1.54) is 11.6 Å². The van der Waals surface area contributed by atoms with E-state index in [1.54, 1.807) is 31.0 Å². The third-order valence-electron chi connectivity index (χ3n) is 6.48. The zero-order valence-corrected chi connectivity index (χ0v) is 19.9. The lowest BCUT2D eigenvalue weighted by Crippen LogP contribution is -2.32. The number of alkyl halides is 2. The number of amides is 1. The number of carbonyl (C=O) groups is 1. The first-order valence-corrected chi connectivity index (χ1v) is 11.2. The normalized spacial score (nSPS) is 20.4. The highest BCUT2D eigenvalue weighted by molar-refractivity contribution is 5.94. The first-order valence-electron chi connectivity index (χ1n) is 11.2. The summed E-state index contributed by atoms with van der Waals surface area (Å²) in [5.41, 5.74) is 3.65. The van der Waals surface area contributed by atoms with Crippen molar-refractivity contribution < 1.29 is 13.6 Å². The number of nitrogens with zero attached hydrogens (tertiary/aromatic N) is 2. The highest BCUT2D eigenvalue weighted by Crippen LogP contribution is 2.39. The van der Waals surface area contributed by atoms with Crippen LogP contribution in [-0.2, 0) is 4.79 Å². The van der Waals surface area contributed by atoms with Crippen LogP contribution in [0.2, 0.25) is 0 Å². The van der Waals surface area contributed by atoms with Gasteiger partial charge in [-0.1, -0.05) is 55.6 Å². The second-order valence-electron chi connectivity index (χ2n) is 8.65. The van der Waals surface area contributed by atoms with Crippen molar-refractivity contribution in [3.63, 3.8) is 0 Å². The average molecular weight is 451 g/mol. The second kappa shape index (κ2) is 9.74. The molecular formula is C28H32F2N2O. The van der Waals surface area contributed by atoms with Gasteiger partial charge in [-0.3, -0.25) is 4.79 Å². The Bertz CT molecular complexity index is 1070. The molecule has 1 aromatic rings. The molecule has 5 heteroatoms. The van der Waals surface area contributed by atoms with Gasteiger partial charge in [0, 0.05) is 54.7 Å². The Morgan fingerprint density at radius 1 is 1.21 bits per heavy atom. The summed E-state index contributed by atoms with van der Waals surface area (Å²) < 4.78 is 28.9. The Kier molecular flexibility index (Phi) is 7.21. The Labute approximate surface area is 195 Å². The van der Waals surface area contributed by atoms with Gasteiger partial charge in [0.15, 0.2) is 0 Å². The minimum Gasteiger partial charge on any atom is -0.338 e. The molecule has 174 valence electrons. The maximum Gasteiger partial charge on any atom is 0.272 e. The molecule has 0 N–H and O–H groups in total. The number of hydrogen-bond donors (Lipinski definition) is 0. The van der Waals surface area contributed by atoms with Gasteiger partial charge in [0.2, 0.25) is 0 Å². The van der Waals surface area contributed by atoms with Crippen molar-refractivity contribution in [2.24, 2.45) is 0 Å². The molecule has 0 radical (unpaired) electrons. The van der Waals surface area contributed by atoms with E-state index in [4.69, 9.17) is 0 Å². The summed E-state index contributed by atoms with van der Waals surface area (Å²) in [6.45, 7) is 15.3. The van der Waals surface area contributed by atoms with E-state index in [0.717, 1.165) is 18.9 Å². The highest BCUT2D eigenvalue weighted by Gasteiger charge is 2.35. The van der Waals surface area contributed by atoms with Gasteiger partial charge in [-0.15, -0.1) is 0 Å². The standard InChI is InChI=1S/C28H32F2N2O/c1-7-22(8-2)25-16-26(28(6,29)30)21(5)32(18-25)20(4)19(3)27(33)31-15-14-24(17-31)23-12-10-9-11-13-23/h7-13,16,18,24H,1,5,14-15,17H2,2-4,6H3/b20-19+,22-8+. The van der Waals surface area contributed by atoms with Gasteiger partial charge in [0.1, 0.15) is 0 Å². The Morgan fingerprint density at radius 3 is 2.45 bits per heavy atom. The fourth-order valence-corrected chi connectivity index (χ4v) is 4.38. The first kappa shape index (κ1) is 24.4. The quantitative estimate of drug-likeness (QED) is 0.355. The van der Waals surface area contributed by atoms with Gasteiger partial charge >= 0.3 is 0 Å². The summed E-state index contributed by atoms with van der Waals surface area (Å²) in [5.74, 6) is -2.86. The van der Waals surface area contributed by atoms with Gasteiger partial charge in [-0.05, 0) is 50.0 Å². The predicted octanol–water partition coefficient (Wildman–Crippen LogP) is 6.72. The van der Waals surface area contributed by atoms with Crippen LogP contribution in [0.4, 0.5) is 8.78 Å². The molecule has 2 aliphatic heterocycles. The topological polar surface area (TPSA) is 23.6 Å². The molecule has 2 aliphatic rings. The van der Waals surface area contributed by atoms with Crippen molar-refractivity contribution >= 4 is 5.91 Å². The Morgan fingerprint density at radius 2 is 1.88 bits per heavy atom. The molecule has 33 heavy (non-hydrogen) atoms. The molecule has 0 bridgehead atoms. The van der Waals surface area contributed by atoms with E-state index in [9.17, 15) is 13.6 Å². The third-order valence-corrected chi connectivity index (χ3v) is 6.48. The number of hydrogen-bond acceptors (Lipinski definition) is 2. The summed E-state index contributed by atoms with van der Waals surface area (Å²) in [6, 6.07) is 10.2. The van der Waals surface area contributed by atoms with Crippen LogP contribution in [0.25, 0.3) is 0 Å². The van der Waals surface area contributed by atoms with Gasteiger partial charge in [0.25, 0.3) is 11.8 Å². The van der Waals surface area contributed by atoms with Crippen LogP contribution >= 0.6 is 0 Å². The minimum atomic E-state index is -3.08. The number of rotatable bonds is 6. The lowest BCUT2D eigenvalue weighted by Gasteiger charge is -2.33. The zero-order chi connectivity index (χ0) is 24.3. The van der Waals surface area contributed by atoms with Gasteiger partial charge in [-0.2, -0.15) is 0 Å².